The Kier molecular flexibility index (Phi) is 6.76. The maximum atomic E-state index is 12.1. The molecular weight excluding hydrogens is 344 g/mol. The van der Waals surface area contributed by atoms with Gasteiger partial charge >= 0.3 is 0 Å². The summed E-state index contributed by atoms with van der Waals surface area (Å²) in [5, 5.41) is 2.63. The van der Waals surface area contributed by atoms with Crippen molar-refractivity contribution in [2.45, 2.75) is 31.2 Å². The molecule has 0 aliphatic carbocycles. The average molecular weight is 364 g/mol. The third-order valence-corrected chi connectivity index (χ3v) is 4.15. The van der Waals surface area contributed by atoms with Crippen LogP contribution in [0.4, 0.5) is 0 Å². The Labute approximate surface area is 147 Å². The van der Waals surface area contributed by atoms with Gasteiger partial charge in [0, 0.05) is 23.5 Å². The Hall–Kier alpha value is -2.61. The molecule has 2 rings (SSSR count). The maximum Gasteiger partial charge on any atom is 0.251 e. The van der Waals surface area contributed by atoms with Crippen LogP contribution >= 0.6 is 0 Å². The minimum Gasteiger partial charge on any atom is -0.488 e. The lowest BCUT2D eigenvalue weighted by Crippen LogP contribution is -2.24. The highest BCUT2D eigenvalue weighted by Gasteiger charge is 2.08. The minimum atomic E-state index is -2.75. The van der Waals surface area contributed by atoms with Gasteiger partial charge in [0.2, 0.25) is 5.43 Å². The first kappa shape index (κ1) is 18.7. The Bertz CT molecular complexity index is 865. The number of amides is 1. The molecule has 0 aliphatic heterocycles. The van der Waals surface area contributed by atoms with Gasteiger partial charge in [-0.05, 0) is 24.6 Å². The molecule has 8 heteroatoms. The van der Waals surface area contributed by atoms with Crippen LogP contribution < -0.4 is 15.5 Å². The molecular formula is C17H20N2O5S. The third kappa shape index (κ3) is 5.46. The molecule has 0 fully saturated rings. The molecule has 0 spiro atoms. The molecule has 1 amide bonds. The highest BCUT2D eigenvalue weighted by molar-refractivity contribution is 7.72. The van der Waals surface area contributed by atoms with Gasteiger partial charge in [-0.25, -0.2) is 8.42 Å². The highest BCUT2D eigenvalue weighted by atomic mass is 32.2. The second-order valence-corrected chi connectivity index (χ2v) is 6.41. The molecule has 0 unspecified atom stereocenters. The summed E-state index contributed by atoms with van der Waals surface area (Å²) >= 11 is 0. The van der Waals surface area contributed by atoms with Crippen LogP contribution in [0.3, 0.4) is 0 Å². The van der Waals surface area contributed by atoms with E-state index in [1.54, 1.807) is 0 Å². The van der Waals surface area contributed by atoms with Crippen LogP contribution in [0.25, 0.3) is 0 Å². The second-order valence-electron chi connectivity index (χ2n) is 5.38. The van der Waals surface area contributed by atoms with Gasteiger partial charge in [-0.3, -0.25) is 9.59 Å². The molecule has 1 aromatic carbocycles. The number of H-pyrrole nitrogens is 1. The number of pyridine rings is 1. The average Bonchev–Trinajstić information content (AvgIpc) is 2.61. The number of ether oxygens (including phenoxy) is 1. The van der Waals surface area contributed by atoms with Crippen molar-refractivity contribution in [1.29, 1.82) is 0 Å². The van der Waals surface area contributed by atoms with Crippen LogP contribution in [-0.4, -0.2) is 25.9 Å². The first-order valence-electron chi connectivity index (χ1n) is 7.88. The summed E-state index contributed by atoms with van der Waals surface area (Å²) in [5.74, 6) is -0.182. The van der Waals surface area contributed by atoms with Crippen molar-refractivity contribution in [3.05, 3.63) is 58.0 Å². The maximum absolute atomic E-state index is 12.1. The van der Waals surface area contributed by atoms with Crippen LogP contribution in [0.1, 0.15) is 35.8 Å². The van der Waals surface area contributed by atoms with Crippen molar-refractivity contribution in [3.63, 3.8) is 0 Å². The van der Waals surface area contributed by atoms with Gasteiger partial charge in [-0.2, -0.15) is 0 Å². The molecule has 2 aromatic rings. The first-order chi connectivity index (χ1) is 12.0. The van der Waals surface area contributed by atoms with Gasteiger partial charge in [0.15, 0.2) is 16.5 Å². The number of hydrogen-bond acceptors (Lipinski definition) is 5. The predicted molar refractivity (Wildman–Crippen MR) is 93.7 cm³/mol. The molecule has 2 N–H and O–H groups in total. The van der Waals surface area contributed by atoms with Gasteiger partial charge in [-0.15, -0.1) is 0 Å². The van der Waals surface area contributed by atoms with Crippen molar-refractivity contribution < 1.29 is 17.9 Å². The summed E-state index contributed by atoms with van der Waals surface area (Å²) in [4.78, 5) is 27.0. The predicted octanol–water partition coefficient (Wildman–Crippen LogP) is 1.45. The molecule has 1 heterocycles. The molecule has 0 saturated carbocycles. The lowest BCUT2D eigenvalue weighted by atomic mass is 10.2. The summed E-state index contributed by atoms with van der Waals surface area (Å²) in [7, 11) is -2.75. The van der Waals surface area contributed by atoms with E-state index in [9.17, 15) is 18.0 Å². The van der Waals surface area contributed by atoms with E-state index in [0.717, 1.165) is 12.8 Å². The number of nitrogens with one attached hydrogen (secondary N) is 2. The van der Waals surface area contributed by atoms with Crippen molar-refractivity contribution in [1.82, 2.24) is 10.3 Å². The van der Waals surface area contributed by atoms with Crippen LogP contribution in [0.15, 0.2) is 46.2 Å². The topological polar surface area (TPSA) is 105 Å². The normalized spacial score (nSPS) is 10.6. The number of carbonyl (C=O) groups excluding carboxylic acids is 1. The number of benzene rings is 1. The molecule has 0 saturated heterocycles. The number of aromatic amines is 1. The Balaban J connectivity index is 1.99. The SMILES string of the molecule is CCCCOc1c[nH]c(CNC(=O)c2cccc([SH](=O)=O)c2)cc1=O. The zero-order valence-corrected chi connectivity index (χ0v) is 14.7. The van der Waals surface area contributed by atoms with Crippen molar-refractivity contribution in [2.24, 2.45) is 0 Å². The lowest BCUT2D eigenvalue weighted by molar-refractivity contribution is 0.0950. The Morgan fingerprint density at radius 3 is 2.76 bits per heavy atom. The monoisotopic (exact) mass is 364 g/mol. The fourth-order valence-electron chi connectivity index (χ4n) is 2.08. The van der Waals surface area contributed by atoms with E-state index in [-0.39, 0.29) is 28.2 Å². The second kappa shape index (κ2) is 9.03. The lowest BCUT2D eigenvalue weighted by Gasteiger charge is -2.08. The summed E-state index contributed by atoms with van der Waals surface area (Å²) in [6, 6.07) is 7.10. The number of thiol groups is 1. The van der Waals surface area contributed by atoms with Gasteiger partial charge in [0.25, 0.3) is 5.91 Å². The summed E-state index contributed by atoms with van der Waals surface area (Å²) in [5.41, 5.74) is 0.496. The zero-order valence-electron chi connectivity index (χ0n) is 13.8. The van der Waals surface area contributed by atoms with Crippen molar-refractivity contribution in [3.8, 4) is 5.75 Å². The quantitative estimate of drug-likeness (QED) is 0.486. The molecule has 0 aliphatic rings. The number of aromatic nitrogens is 1. The van der Waals surface area contributed by atoms with Gasteiger partial charge in [0.05, 0.1) is 18.0 Å². The van der Waals surface area contributed by atoms with Crippen molar-refractivity contribution in [2.75, 3.05) is 6.61 Å². The zero-order chi connectivity index (χ0) is 18.2. The van der Waals surface area contributed by atoms with E-state index in [4.69, 9.17) is 4.74 Å². The molecule has 0 radical (unpaired) electrons. The Morgan fingerprint density at radius 1 is 1.28 bits per heavy atom. The standard InChI is InChI=1S/C17H20N2O5S/c1-2-3-7-24-16-11-18-13(9-15(16)20)10-19-17(21)12-5-4-6-14(8-12)25(22)23/h4-6,8-9,11,25H,2-3,7,10H2,1H3,(H,18,20)(H,19,21). The van der Waals surface area contributed by atoms with Crippen molar-refractivity contribution >= 4 is 16.6 Å². The highest BCUT2D eigenvalue weighted by Crippen LogP contribution is 2.07. The van der Waals surface area contributed by atoms with Gasteiger partial charge in [0.1, 0.15) is 0 Å². The van der Waals surface area contributed by atoms with E-state index in [1.807, 2.05) is 6.92 Å². The molecule has 134 valence electrons. The minimum absolute atomic E-state index is 0.0737. The largest absolute Gasteiger partial charge is 0.488 e. The summed E-state index contributed by atoms with van der Waals surface area (Å²) in [6.45, 7) is 2.62. The van der Waals surface area contributed by atoms with Crippen LogP contribution in [0.2, 0.25) is 0 Å². The van der Waals surface area contributed by atoms with Crippen LogP contribution in [0.5, 0.6) is 5.75 Å². The van der Waals surface area contributed by atoms with Gasteiger partial charge in [-0.1, -0.05) is 19.4 Å². The molecule has 7 nitrogen and oxygen atoms in total. The number of unbranched alkanes of at least 4 members (excludes halogenated alkanes) is 1. The smallest absolute Gasteiger partial charge is 0.251 e. The van der Waals surface area contributed by atoms with Gasteiger partial charge < -0.3 is 15.0 Å². The molecule has 1 aromatic heterocycles. The van der Waals surface area contributed by atoms with E-state index in [1.165, 1.54) is 36.5 Å². The summed E-state index contributed by atoms with van der Waals surface area (Å²) < 4.78 is 27.3. The molecule has 25 heavy (non-hydrogen) atoms. The number of rotatable bonds is 8. The van der Waals surface area contributed by atoms with Crippen LogP contribution in [0, 0.1) is 0 Å². The first-order valence-corrected chi connectivity index (χ1v) is 9.06. The van der Waals surface area contributed by atoms with E-state index < -0.39 is 16.6 Å². The summed E-state index contributed by atoms with van der Waals surface area (Å²) in [6.07, 6.45) is 3.32. The van der Waals surface area contributed by atoms with E-state index in [2.05, 4.69) is 10.3 Å². The Morgan fingerprint density at radius 2 is 2.08 bits per heavy atom. The number of carbonyl (C=O) groups is 1. The molecule has 0 bridgehead atoms. The fraction of sp³-hybridized carbons (Fsp3) is 0.294. The fourth-order valence-corrected chi connectivity index (χ4v) is 2.53. The number of hydrogen-bond donors (Lipinski definition) is 3. The molecule has 0 atom stereocenters. The van der Waals surface area contributed by atoms with E-state index >= 15 is 0 Å². The van der Waals surface area contributed by atoms with E-state index in [0.29, 0.717) is 12.3 Å². The van der Waals surface area contributed by atoms with Crippen LogP contribution in [-0.2, 0) is 17.2 Å². The third-order valence-electron chi connectivity index (χ3n) is 3.45.